The van der Waals surface area contributed by atoms with Crippen molar-refractivity contribution in [3.05, 3.63) is 18.0 Å². The van der Waals surface area contributed by atoms with Gasteiger partial charge in [0, 0.05) is 38.6 Å². The van der Waals surface area contributed by atoms with Gasteiger partial charge in [-0.1, -0.05) is 0 Å². The molecule has 30 heavy (non-hydrogen) atoms. The molecule has 1 aromatic heterocycles. The molecule has 0 spiro atoms. The van der Waals surface area contributed by atoms with Crippen molar-refractivity contribution in [2.75, 3.05) is 31.3 Å². The van der Waals surface area contributed by atoms with E-state index in [1.54, 1.807) is 12.4 Å². The highest BCUT2D eigenvalue weighted by Gasteiger charge is 2.52. The zero-order valence-electron chi connectivity index (χ0n) is 16.4. The smallest absolute Gasteiger partial charge is 0.475 e. The maximum Gasteiger partial charge on any atom is 0.490 e. The number of fused-ring (bicyclic) bond motifs is 1. The molecule has 10 nitrogen and oxygen atoms in total. The van der Waals surface area contributed by atoms with Crippen molar-refractivity contribution >= 4 is 27.8 Å². The summed E-state index contributed by atoms with van der Waals surface area (Å²) in [5.74, 6) is -2.29. The number of carbonyl (C=O) groups excluding carboxylic acids is 1. The van der Waals surface area contributed by atoms with Gasteiger partial charge in [-0.3, -0.25) is 4.79 Å². The molecule has 3 heterocycles. The van der Waals surface area contributed by atoms with Gasteiger partial charge in [0.2, 0.25) is 21.9 Å². The van der Waals surface area contributed by atoms with E-state index in [9.17, 15) is 26.4 Å². The molecule has 168 valence electrons. The van der Waals surface area contributed by atoms with Crippen LogP contribution in [0.15, 0.2) is 12.4 Å². The first-order chi connectivity index (χ1) is 13.8. The van der Waals surface area contributed by atoms with Crippen LogP contribution >= 0.6 is 0 Å². The number of nitrogens with one attached hydrogen (secondary N) is 1. The summed E-state index contributed by atoms with van der Waals surface area (Å²) in [7, 11) is -1.94. The fourth-order valence-corrected chi connectivity index (χ4v) is 4.95. The molecule has 0 bridgehead atoms. The summed E-state index contributed by atoms with van der Waals surface area (Å²) < 4.78 is 57.5. The second-order valence-corrected chi connectivity index (χ2v) is 8.94. The Hall–Kier alpha value is -2.48. The zero-order chi connectivity index (χ0) is 22.9. The number of halogens is 3. The minimum atomic E-state index is -5.08. The lowest BCUT2D eigenvalue weighted by Gasteiger charge is -2.27. The average Bonchev–Trinajstić information content (AvgIpc) is 3.18. The lowest BCUT2D eigenvalue weighted by Crippen LogP contribution is -2.49. The number of aryl methyl sites for hydroxylation is 1. The van der Waals surface area contributed by atoms with E-state index in [2.05, 4.69) is 15.3 Å². The van der Waals surface area contributed by atoms with Gasteiger partial charge in [0.1, 0.15) is 6.04 Å². The van der Waals surface area contributed by atoms with Crippen LogP contribution in [-0.2, 0) is 19.6 Å². The number of nitrogens with zero attached hydrogens (tertiary/aromatic N) is 4. The van der Waals surface area contributed by atoms with Crippen LogP contribution in [0.25, 0.3) is 0 Å². The molecular formula is C16H22F3N5O5S. The second-order valence-electron chi connectivity index (χ2n) is 7.05. The van der Waals surface area contributed by atoms with Crippen molar-refractivity contribution in [2.45, 2.75) is 31.6 Å². The van der Waals surface area contributed by atoms with Gasteiger partial charge in [-0.15, -0.1) is 0 Å². The standard InChI is InChI=1S/C14H21N5O3S.C2HF3O2/c1-9-5-16-14(17-6-9)18-7-10-4-11(13(20)15-2)19(12(10)8-18)23(3,21)22;3-2(4,5)1(6)7/h5-6,10-12H,4,7-8H2,1-3H3,(H,15,20);(H,6,7)/t10-,11-,12+;/m1./s1. The first-order valence-corrected chi connectivity index (χ1v) is 10.6. The SMILES string of the molecule is CNC(=O)[C@H]1C[C@@H]2CN(c3ncc(C)cn3)C[C@@H]2N1S(C)(=O)=O.O=C(O)C(F)(F)F. The number of carboxylic acids is 1. The van der Waals surface area contributed by atoms with Crippen molar-refractivity contribution < 1.29 is 36.3 Å². The molecule has 14 heteroatoms. The van der Waals surface area contributed by atoms with Gasteiger partial charge >= 0.3 is 12.1 Å². The third-order valence-electron chi connectivity index (χ3n) is 4.79. The quantitative estimate of drug-likeness (QED) is 0.654. The van der Waals surface area contributed by atoms with E-state index >= 15 is 0 Å². The van der Waals surface area contributed by atoms with Gasteiger partial charge < -0.3 is 15.3 Å². The average molecular weight is 453 g/mol. The number of alkyl halides is 3. The van der Waals surface area contributed by atoms with E-state index in [0.717, 1.165) is 11.8 Å². The summed E-state index contributed by atoms with van der Waals surface area (Å²) in [6.45, 7) is 3.09. The van der Waals surface area contributed by atoms with E-state index in [1.165, 1.54) is 11.4 Å². The minimum Gasteiger partial charge on any atom is -0.475 e. The number of hydrogen-bond donors (Lipinski definition) is 2. The Labute approximate surface area is 171 Å². The van der Waals surface area contributed by atoms with Crippen LogP contribution in [0.2, 0.25) is 0 Å². The molecule has 2 fully saturated rings. The number of sulfonamides is 1. The Bertz CT molecular complexity index is 894. The number of aromatic nitrogens is 2. The largest absolute Gasteiger partial charge is 0.490 e. The maximum atomic E-state index is 12.2. The molecule has 0 aromatic carbocycles. The minimum absolute atomic E-state index is 0.108. The van der Waals surface area contributed by atoms with Crippen molar-refractivity contribution in [3.63, 3.8) is 0 Å². The molecule has 1 aromatic rings. The monoisotopic (exact) mass is 453 g/mol. The highest BCUT2D eigenvalue weighted by atomic mass is 32.2. The Balaban J connectivity index is 0.000000396. The maximum absolute atomic E-state index is 12.2. The molecule has 2 aliphatic rings. The van der Waals surface area contributed by atoms with Gasteiger partial charge in [0.25, 0.3) is 0 Å². The van der Waals surface area contributed by atoms with Gasteiger partial charge in [0.15, 0.2) is 0 Å². The molecule has 3 atom stereocenters. The number of amides is 1. The first-order valence-electron chi connectivity index (χ1n) is 8.79. The van der Waals surface area contributed by atoms with Gasteiger partial charge in [-0.2, -0.15) is 17.5 Å². The van der Waals surface area contributed by atoms with Crippen molar-refractivity contribution in [3.8, 4) is 0 Å². The van der Waals surface area contributed by atoms with Gasteiger partial charge in [-0.05, 0) is 24.8 Å². The van der Waals surface area contributed by atoms with Crippen molar-refractivity contribution in [1.29, 1.82) is 0 Å². The molecule has 0 unspecified atom stereocenters. The molecule has 2 saturated heterocycles. The summed E-state index contributed by atoms with van der Waals surface area (Å²) in [5.41, 5.74) is 0.977. The van der Waals surface area contributed by atoms with Crippen LogP contribution in [0.5, 0.6) is 0 Å². The molecule has 0 saturated carbocycles. The van der Waals surface area contributed by atoms with Crippen LogP contribution in [0.3, 0.4) is 0 Å². The summed E-state index contributed by atoms with van der Waals surface area (Å²) >= 11 is 0. The van der Waals surface area contributed by atoms with Crippen LogP contribution in [0.1, 0.15) is 12.0 Å². The Morgan fingerprint density at radius 1 is 1.23 bits per heavy atom. The molecule has 0 aliphatic carbocycles. The fraction of sp³-hybridized carbons (Fsp3) is 0.625. The highest BCUT2D eigenvalue weighted by Crippen LogP contribution is 2.38. The van der Waals surface area contributed by atoms with Crippen LogP contribution < -0.4 is 10.2 Å². The number of carbonyl (C=O) groups is 2. The Kier molecular flexibility index (Phi) is 6.91. The highest BCUT2D eigenvalue weighted by molar-refractivity contribution is 7.88. The lowest BCUT2D eigenvalue weighted by atomic mass is 10.0. The van der Waals surface area contributed by atoms with E-state index in [-0.39, 0.29) is 17.9 Å². The summed E-state index contributed by atoms with van der Waals surface area (Å²) in [6, 6.07) is -0.830. The van der Waals surface area contributed by atoms with Crippen LogP contribution in [0.4, 0.5) is 19.1 Å². The second kappa shape index (κ2) is 8.71. The molecule has 3 rings (SSSR count). The summed E-state index contributed by atoms with van der Waals surface area (Å²) in [6.07, 6.45) is 0.103. The molecule has 0 radical (unpaired) electrons. The molecule has 1 amide bonds. The number of anilines is 1. The molecule has 2 N–H and O–H groups in total. The van der Waals surface area contributed by atoms with Gasteiger partial charge in [0.05, 0.1) is 6.26 Å². The number of rotatable bonds is 3. The number of hydrogen-bond acceptors (Lipinski definition) is 7. The Morgan fingerprint density at radius 2 is 1.77 bits per heavy atom. The fourth-order valence-electron chi connectivity index (χ4n) is 3.57. The van der Waals surface area contributed by atoms with E-state index < -0.39 is 28.2 Å². The first kappa shape index (κ1) is 23.8. The third-order valence-corrected chi connectivity index (χ3v) is 6.08. The topological polar surface area (TPSA) is 133 Å². The van der Waals surface area contributed by atoms with Gasteiger partial charge in [-0.25, -0.2) is 23.2 Å². The molecular weight excluding hydrogens is 431 g/mol. The van der Waals surface area contributed by atoms with E-state index in [1.807, 2.05) is 11.8 Å². The number of carboxylic acid groups (broad SMARTS) is 1. The summed E-state index contributed by atoms with van der Waals surface area (Å²) in [5, 5.41) is 9.69. The third kappa shape index (κ3) is 5.36. The van der Waals surface area contributed by atoms with E-state index in [0.29, 0.717) is 25.5 Å². The predicted octanol–water partition coefficient (Wildman–Crippen LogP) is 0.00302. The normalized spacial score (nSPS) is 24.1. The van der Waals surface area contributed by atoms with Crippen molar-refractivity contribution in [1.82, 2.24) is 19.6 Å². The number of likely N-dealkylation sites (N-methyl/N-ethyl adjacent to an activating group) is 1. The Morgan fingerprint density at radius 3 is 2.20 bits per heavy atom. The lowest BCUT2D eigenvalue weighted by molar-refractivity contribution is -0.192. The van der Waals surface area contributed by atoms with Crippen LogP contribution in [0, 0.1) is 12.8 Å². The molecule has 2 aliphatic heterocycles. The van der Waals surface area contributed by atoms with Crippen LogP contribution in [-0.4, -0.2) is 84.3 Å². The predicted molar refractivity (Wildman–Crippen MR) is 99.1 cm³/mol. The number of aliphatic carboxylic acids is 1. The zero-order valence-corrected chi connectivity index (χ0v) is 17.2. The summed E-state index contributed by atoms with van der Waals surface area (Å²) in [4.78, 5) is 31.5. The van der Waals surface area contributed by atoms with Crippen molar-refractivity contribution in [2.24, 2.45) is 5.92 Å². The van der Waals surface area contributed by atoms with E-state index in [4.69, 9.17) is 9.90 Å².